The van der Waals surface area contributed by atoms with Crippen molar-refractivity contribution in [2.75, 3.05) is 25.3 Å². The molecule has 1 aromatic heterocycles. The molecule has 0 saturated carbocycles. The summed E-state index contributed by atoms with van der Waals surface area (Å²) < 4.78 is 28.6. The number of ether oxygens (including phenoxy) is 2. The van der Waals surface area contributed by atoms with Crippen molar-refractivity contribution in [3.8, 4) is 11.5 Å². The molecule has 3 rings (SSSR count). The van der Waals surface area contributed by atoms with Crippen LogP contribution in [0.4, 0.5) is 10.1 Å². The Morgan fingerprint density at radius 3 is 2.52 bits per heavy atom. The van der Waals surface area contributed by atoms with Crippen LogP contribution in [0.1, 0.15) is 16.2 Å². The summed E-state index contributed by atoms with van der Waals surface area (Å²) in [6, 6.07) is 10.2. The van der Waals surface area contributed by atoms with E-state index in [9.17, 15) is 14.0 Å². The molecule has 0 atom stereocenters. The monoisotopic (exact) mass is 446 g/mol. The number of benzene rings is 2. The van der Waals surface area contributed by atoms with E-state index >= 15 is 0 Å². The van der Waals surface area contributed by atoms with Crippen LogP contribution in [0.25, 0.3) is 0 Å². The third kappa shape index (κ3) is 6.19. The lowest BCUT2D eigenvalue weighted by atomic mass is 10.2. The number of halogens is 1. The van der Waals surface area contributed by atoms with E-state index in [1.807, 2.05) is 0 Å². The van der Waals surface area contributed by atoms with Crippen LogP contribution in [0.15, 0.2) is 52.1 Å². The molecule has 0 spiro atoms. The van der Waals surface area contributed by atoms with Crippen LogP contribution in [0.3, 0.4) is 0 Å². The molecule has 31 heavy (non-hydrogen) atoms. The first-order valence-corrected chi connectivity index (χ1v) is 9.98. The minimum atomic E-state index is -0.385. The van der Waals surface area contributed by atoms with E-state index in [1.54, 1.807) is 18.2 Å². The Hall–Kier alpha value is -3.60. The van der Waals surface area contributed by atoms with E-state index in [-0.39, 0.29) is 41.0 Å². The highest BCUT2D eigenvalue weighted by Crippen LogP contribution is 2.27. The molecular formula is C20H19FN4O5S. The summed E-state index contributed by atoms with van der Waals surface area (Å²) in [5, 5.41) is 13.2. The van der Waals surface area contributed by atoms with E-state index in [4.69, 9.17) is 13.9 Å². The highest BCUT2D eigenvalue weighted by molar-refractivity contribution is 7.99. The van der Waals surface area contributed by atoms with Gasteiger partial charge in [-0.05, 0) is 42.5 Å². The van der Waals surface area contributed by atoms with Gasteiger partial charge in [0, 0.05) is 11.3 Å². The lowest BCUT2D eigenvalue weighted by molar-refractivity contribution is -0.113. The van der Waals surface area contributed by atoms with Crippen molar-refractivity contribution >= 4 is 29.3 Å². The van der Waals surface area contributed by atoms with Crippen molar-refractivity contribution in [2.24, 2.45) is 0 Å². The number of nitrogens with one attached hydrogen (secondary N) is 2. The van der Waals surface area contributed by atoms with Gasteiger partial charge < -0.3 is 24.5 Å². The van der Waals surface area contributed by atoms with Gasteiger partial charge in [-0.25, -0.2) is 4.39 Å². The smallest absolute Gasteiger partial charge is 0.277 e. The highest BCUT2D eigenvalue weighted by Gasteiger charge is 2.14. The minimum Gasteiger partial charge on any atom is -0.493 e. The number of carbonyl (C=O) groups excluding carboxylic acids is 2. The molecule has 0 aliphatic rings. The number of aromatic nitrogens is 2. The molecule has 2 N–H and O–H groups in total. The largest absolute Gasteiger partial charge is 0.493 e. The Bertz CT molecular complexity index is 1060. The highest BCUT2D eigenvalue weighted by atomic mass is 32.2. The predicted octanol–water partition coefficient (Wildman–Crippen LogP) is 2.89. The Kier molecular flexibility index (Phi) is 7.44. The summed E-state index contributed by atoms with van der Waals surface area (Å²) in [4.78, 5) is 24.3. The number of hydrogen-bond donors (Lipinski definition) is 2. The van der Waals surface area contributed by atoms with Crippen LogP contribution in [-0.2, 0) is 11.3 Å². The molecule has 3 aromatic rings. The lowest BCUT2D eigenvalue weighted by Gasteiger charge is -2.09. The normalized spacial score (nSPS) is 10.4. The van der Waals surface area contributed by atoms with Gasteiger partial charge >= 0.3 is 0 Å². The maximum atomic E-state index is 12.9. The number of anilines is 1. The van der Waals surface area contributed by atoms with Crippen LogP contribution in [0.5, 0.6) is 11.5 Å². The van der Waals surface area contributed by atoms with Crippen molar-refractivity contribution in [3.63, 3.8) is 0 Å². The van der Waals surface area contributed by atoms with Gasteiger partial charge in [-0.3, -0.25) is 9.59 Å². The molecule has 0 saturated heterocycles. The Morgan fingerprint density at radius 1 is 1.06 bits per heavy atom. The van der Waals surface area contributed by atoms with Gasteiger partial charge in [-0.15, -0.1) is 10.2 Å². The lowest BCUT2D eigenvalue weighted by Crippen LogP contribution is -2.23. The summed E-state index contributed by atoms with van der Waals surface area (Å²) >= 11 is 1.04. The molecule has 0 unspecified atom stereocenters. The van der Waals surface area contributed by atoms with Gasteiger partial charge in [0.1, 0.15) is 5.82 Å². The number of carbonyl (C=O) groups is 2. The van der Waals surface area contributed by atoms with E-state index in [0.29, 0.717) is 22.7 Å². The van der Waals surface area contributed by atoms with Crippen molar-refractivity contribution in [3.05, 3.63) is 59.7 Å². The van der Waals surface area contributed by atoms with Crippen LogP contribution >= 0.6 is 11.8 Å². The van der Waals surface area contributed by atoms with E-state index in [2.05, 4.69) is 20.8 Å². The van der Waals surface area contributed by atoms with Crippen LogP contribution in [-0.4, -0.2) is 42.0 Å². The first kappa shape index (κ1) is 22.1. The molecule has 0 fully saturated rings. The van der Waals surface area contributed by atoms with Crippen LogP contribution in [0.2, 0.25) is 0 Å². The first-order chi connectivity index (χ1) is 15.0. The molecule has 1 heterocycles. The Labute approximate surface area is 181 Å². The Balaban J connectivity index is 1.48. The summed E-state index contributed by atoms with van der Waals surface area (Å²) in [6.45, 7) is 0.0164. The Morgan fingerprint density at radius 2 is 1.81 bits per heavy atom. The zero-order valence-corrected chi connectivity index (χ0v) is 17.5. The average Bonchev–Trinajstić information content (AvgIpc) is 3.25. The average molecular weight is 446 g/mol. The maximum Gasteiger partial charge on any atom is 0.277 e. The topological polar surface area (TPSA) is 116 Å². The van der Waals surface area contributed by atoms with E-state index in [1.165, 1.54) is 38.5 Å². The molecule has 11 heteroatoms. The molecule has 2 amide bonds. The number of hydrogen-bond acceptors (Lipinski definition) is 8. The quantitative estimate of drug-likeness (QED) is 0.482. The number of methoxy groups -OCH3 is 2. The fourth-order valence-electron chi connectivity index (χ4n) is 2.46. The third-order valence-corrected chi connectivity index (χ3v) is 4.77. The minimum absolute atomic E-state index is 0.0164. The van der Waals surface area contributed by atoms with Gasteiger partial charge in [0.15, 0.2) is 11.5 Å². The third-order valence-electron chi connectivity index (χ3n) is 3.95. The fraction of sp³-hybridized carbons (Fsp3) is 0.200. The molecule has 0 bridgehead atoms. The van der Waals surface area contributed by atoms with Gasteiger partial charge in [0.2, 0.25) is 11.8 Å². The fourth-order valence-corrected chi connectivity index (χ4v) is 3.04. The molecule has 9 nitrogen and oxygen atoms in total. The van der Waals surface area contributed by atoms with Crippen LogP contribution < -0.4 is 20.1 Å². The molecule has 0 radical (unpaired) electrons. The molecule has 2 aromatic carbocycles. The van der Waals surface area contributed by atoms with Crippen molar-refractivity contribution in [1.29, 1.82) is 0 Å². The van der Waals surface area contributed by atoms with Crippen molar-refractivity contribution in [2.45, 2.75) is 11.8 Å². The predicted molar refractivity (Wildman–Crippen MR) is 111 cm³/mol. The van der Waals surface area contributed by atoms with Crippen LogP contribution in [0, 0.1) is 5.82 Å². The van der Waals surface area contributed by atoms with E-state index < -0.39 is 0 Å². The summed E-state index contributed by atoms with van der Waals surface area (Å²) in [5.41, 5.74) is 0.861. The first-order valence-electron chi connectivity index (χ1n) is 8.99. The van der Waals surface area contributed by atoms with Gasteiger partial charge in [0.05, 0.1) is 26.5 Å². The number of thioether (sulfide) groups is 1. The second-order valence-corrected chi connectivity index (χ2v) is 6.98. The molecule has 0 aliphatic carbocycles. The number of amides is 2. The zero-order valence-electron chi connectivity index (χ0n) is 16.7. The van der Waals surface area contributed by atoms with Crippen molar-refractivity contribution in [1.82, 2.24) is 15.5 Å². The molecule has 162 valence electrons. The summed E-state index contributed by atoms with van der Waals surface area (Å²) in [6.07, 6.45) is 0. The van der Waals surface area contributed by atoms with Gasteiger partial charge in [0.25, 0.3) is 11.1 Å². The second kappa shape index (κ2) is 10.4. The zero-order chi connectivity index (χ0) is 22.2. The molecular weight excluding hydrogens is 427 g/mol. The number of rotatable bonds is 9. The SMILES string of the molecule is COc1ccc(C(=O)NCc2nnc(SCC(=O)Nc3ccc(F)cc3)o2)cc1OC. The number of nitrogens with zero attached hydrogens (tertiary/aromatic N) is 2. The van der Waals surface area contributed by atoms with Crippen molar-refractivity contribution < 1.29 is 27.9 Å². The van der Waals surface area contributed by atoms with E-state index in [0.717, 1.165) is 11.8 Å². The maximum absolute atomic E-state index is 12.9. The standard InChI is InChI=1S/C20H19FN4O5S/c1-28-15-8-3-12(9-16(15)29-2)19(27)22-10-18-24-25-20(30-18)31-11-17(26)23-14-6-4-13(21)5-7-14/h3-9H,10-11H2,1-2H3,(H,22,27)(H,23,26). The van der Waals surface area contributed by atoms with Gasteiger partial charge in [-0.2, -0.15) is 0 Å². The summed E-state index contributed by atoms with van der Waals surface area (Å²) in [5.74, 6) is 0.118. The van der Waals surface area contributed by atoms with Gasteiger partial charge in [-0.1, -0.05) is 11.8 Å². The second-order valence-electron chi connectivity index (χ2n) is 6.06. The summed E-state index contributed by atoms with van der Waals surface area (Å²) in [7, 11) is 2.99. The molecule has 0 aliphatic heterocycles.